The maximum atomic E-state index is 13.2. The van der Waals surface area contributed by atoms with Gasteiger partial charge in [-0.2, -0.15) is 0 Å². The van der Waals surface area contributed by atoms with E-state index in [9.17, 15) is 9.59 Å². The summed E-state index contributed by atoms with van der Waals surface area (Å²) in [4.78, 5) is 31.0. The van der Waals surface area contributed by atoms with Crippen LogP contribution in [0, 0.1) is 0 Å². The van der Waals surface area contributed by atoms with Crippen molar-refractivity contribution in [3.63, 3.8) is 0 Å². The van der Waals surface area contributed by atoms with Gasteiger partial charge in [0.1, 0.15) is 0 Å². The molecule has 28 heavy (non-hydrogen) atoms. The molecule has 0 spiro atoms. The van der Waals surface area contributed by atoms with Crippen LogP contribution >= 0.6 is 0 Å². The predicted molar refractivity (Wildman–Crippen MR) is 110 cm³/mol. The van der Waals surface area contributed by atoms with Gasteiger partial charge in [-0.3, -0.25) is 9.59 Å². The molecule has 1 N–H and O–H groups in total. The van der Waals surface area contributed by atoms with Crippen molar-refractivity contribution in [2.45, 2.75) is 25.8 Å². The highest BCUT2D eigenvalue weighted by molar-refractivity contribution is 5.97. The number of para-hydroxylation sites is 1. The predicted octanol–water partition coefficient (Wildman–Crippen LogP) is 1.40. The van der Waals surface area contributed by atoms with Crippen molar-refractivity contribution in [1.82, 2.24) is 4.90 Å². The number of quaternary nitrogens is 1. The third kappa shape index (κ3) is 3.67. The molecule has 0 radical (unpaired) electrons. The summed E-state index contributed by atoms with van der Waals surface area (Å²) in [6, 6.07) is 17.6. The van der Waals surface area contributed by atoms with Gasteiger partial charge in [0, 0.05) is 17.8 Å². The van der Waals surface area contributed by atoms with Gasteiger partial charge in [-0.1, -0.05) is 36.4 Å². The van der Waals surface area contributed by atoms with Gasteiger partial charge in [0.15, 0.2) is 6.04 Å². The van der Waals surface area contributed by atoms with Crippen LogP contribution in [0.4, 0.5) is 5.69 Å². The van der Waals surface area contributed by atoms with E-state index in [-0.39, 0.29) is 17.9 Å². The lowest BCUT2D eigenvalue weighted by Gasteiger charge is -2.37. The number of nitrogens with zero attached hydrogens (tertiary/aromatic N) is 2. The Hall–Kier alpha value is -2.66. The van der Waals surface area contributed by atoms with Crippen LogP contribution in [0.15, 0.2) is 54.6 Å². The Labute approximate surface area is 166 Å². The number of amides is 2. The van der Waals surface area contributed by atoms with E-state index in [0.29, 0.717) is 13.1 Å². The van der Waals surface area contributed by atoms with E-state index in [4.69, 9.17) is 0 Å². The number of benzene rings is 2. The summed E-state index contributed by atoms with van der Waals surface area (Å²) in [5, 5.41) is 0. The highest BCUT2D eigenvalue weighted by atomic mass is 16.2. The van der Waals surface area contributed by atoms with Gasteiger partial charge >= 0.3 is 0 Å². The quantitative estimate of drug-likeness (QED) is 0.878. The molecule has 146 valence electrons. The number of piperazine rings is 1. The third-order valence-electron chi connectivity index (χ3n) is 6.07. The highest BCUT2D eigenvalue weighted by Crippen LogP contribution is 2.26. The van der Waals surface area contributed by atoms with Crippen LogP contribution in [-0.2, 0) is 11.2 Å². The van der Waals surface area contributed by atoms with E-state index in [1.54, 1.807) is 0 Å². The topological polar surface area (TPSA) is 45.1 Å². The Morgan fingerprint density at radius 1 is 0.929 bits per heavy atom. The smallest absolute Gasteiger partial charge is 0.284 e. The maximum absolute atomic E-state index is 13.2. The first-order valence-corrected chi connectivity index (χ1v) is 10.2. The van der Waals surface area contributed by atoms with E-state index >= 15 is 0 Å². The molecule has 2 aromatic rings. The van der Waals surface area contributed by atoms with Crippen LogP contribution in [0.25, 0.3) is 0 Å². The molecule has 2 aliphatic rings. The van der Waals surface area contributed by atoms with Crippen molar-refractivity contribution in [1.29, 1.82) is 0 Å². The Balaban J connectivity index is 1.39. The van der Waals surface area contributed by atoms with Crippen LogP contribution in [0.3, 0.4) is 0 Å². The number of nitrogens with one attached hydrogen (secondary N) is 1. The molecule has 1 saturated heterocycles. The minimum absolute atomic E-state index is 0.0867. The molecule has 2 aliphatic heterocycles. The standard InChI is InChI=1S/C23H27N3O2/c1-18(22(27)26-13-7-11-19-8-5-6-12-21(19)26)24-14-16-25(17-15-24)23(28)20-9-3-2-4-10-20/h2-6,8-10,12,18H,7,11,13-17H2,1H3/p+1/t18-/m1/s1. The number of rotatable bonds is 3. The summed E-state index contributed by atoms with van der Waals surface area (Å²) in [6.45, 7) is 5.83. The van der Waals surface area contributed by atoms with Gasteiger partial charge in [0.05, 0.1) is 26.2 Å². The summed E-state index contributed by atoms with van der Waals surface area (Å²) < 4.78 is 0. The van der Waals surface area contributed by atoms with E-state index in [1.165, 1.54) is 10.5 Å². The summed E-state index contributed by atoms with van der Waals surface area (Å²) in [6.07, 6.45) is 2.06. The summed E-state index contributed by atoms with van der Waals surface area (Å²) in [5.74, 6) is 0.286. The fourth-order valence-corrected chi connectivity index (χ4v) is 4.36. The third-order valence-corrected chi connectivity index (χ3v) is 6.07. The minimum atomic E-state index is -0.0971. The van der Waals surface area contributed by atoms with E-state index in [2.05, 4.69) is 12.1 Å². The first kappa shape index (κ1) is 18.7. The zero-order valence-electron chi connectivity index (χ0n) is 16.4. The Kier molecular flexibility index (Phi) is 5.44. The van der Waals surface area contributed by atoms with E-state index < -0.39 is 0 Å². The summed E-state index contributed by atoms with van der Waals surface area (Å²) in [7, 11) is 0. The number of carbonyl (C=O) groups excluding carboxylic acids is 2. The SMILES string of the molecule is C[C@H](C(=O)N1CCCc2ccccc21)[NH+]1CCN(C(=O)c2ccccc2)CC1. The van der Waals surface area contributed by atoms with Gasteiger partial charge in [-0.25, -0.2) is 0 Å². The highest BCUT2D eigenvalue weighted by Gasteiger charge is 2.35. The Morgan fingerprint density at radius 2 is 1.61 bits per heavy atom. The molecule has 4 rings (SSSR count). The number of hydrogen-bond donors (Lipinski definition) is 1. The van der Waals surface area contributed by atoms with E-state index in [0.717, 1.165) is 43.7 Å². The zero-order valence-corrected chi connectivity index (χ0v) is 16.4. The zero-order chi connectivity index (χ0) is 19.5. The molecule has 5 nitrogen and oxygen atoms in total. The van der Waals surface area contributed by atoms with E-state index in [1.807, 2.05) is 59.2 Å². The van der Waals surface area contributed by atoms with Gasteiger partial charge in [0.25, 0.3) is 11.8 Å². The average Bonchev–Trinajstić information content (AvgIpc) is 2.78. The van der Waals surface area contributed by atoms with Gasteiger partial charge in [-0.05, 0) is 43.5 Å². The first-order valence-electron chi connectivity index (χ1n) is 10.2. The minimum Gasteiger partial charge on any atom is -0.327 e. The van der Waals surface area contributed by atoms with Crippen molar-refractivity contribution in [2.75, 3.05) is 37.6 Å². The van der Waals surface area contributed by atoms with Gasteiger partial charge < -0.3 is 14.7 Å². The molecule has 0 aliphatic carbocycles. The lowest BCUT2D eigenvalue weighted by Crippen LogP contribution is -3.19. The lowest BCUT2D eigenvalue weighted by molar-refractivity contribution is -0.917. The maximum Gasteiger partial charge on any atom is 0.284 e. The molecule has 2 heterocycles. The largest absolute Gasteiger partial charge is 0.327 e. The molecule has 5 heteroatoms. The van der Waals surface area contributed by atoms with Gasteiger partial charge in [0.2, 0.25) is 0 Å². The van der Waals surface area contributed by atoms with Crippen molar-refractivity contribution in [3.05, 3.63) is 65.7 Å². The molecule has 2 amide bonds. The average molecular weight is 378 g/mol. The monoisotopic (exact) mass is 378 g/mol. The number of aryl methyl sites for hydroxylation is 1. The summed E-state index contributed by atoms with van der Waals surface area (Å²) >= 11 is 0. The van der Waals surface area contributed by atoms with Crippen molar-refractivity contribution >= 4 is 17.5 Å². The Morgan fingerprint density at radius 3 is 2.36 bits per heavy atom. The fourth-order valence-electron chi connectivity index (χ4n) is 4.36. The molecule has 0 aromatic heterocycles. The number of anilines is 1. The second-order valence-electron chi connectivity index (χ2n) is 7.76. The van der Waals surface area contributed by atoms with Gasteiger partial charge in [-0.15, -0.1) is 0 Å². The van der Waals surface area contributed by atoms with Crippen molar-refractivity contribution in [2.24, 2.45) is 0 Å². The fraction of sp³-hybridized carbons (Fsp3) is 0.391. The van der Waals surface area contributed by atoms with Crippen molar-refractivity contribution in [3.8, 4) is 0 Å². The van der Waals surface area contributed by atoms with Crippen molar-refractivity contribution < 1.29 is 14.5 Å². The molecule has 1 atom stereocenters. The molecule has 2 aromatic carbocycles. The lowest BCUT2D eigenvalue weighted by atomic mass is 10.0. The number of hydrogen-bond acceptors (Lipinski definition) is 2. The normalized spacial score (nSPS) is 18.5. The molecular formula is C23H28N3O2+. The second kappa shape index (κ2) is 8.15. The first-order chi connectivity index (χ1) is 13.6. The van der Waals surface area contributed by atoms with Crippen LogP contribution in [-0.4, -0.2) is 55.5 Å². The van der Waals surface area contributed by atoms with Crippen LogP contribution in [0.1, 0.15) is 29.3 Å². The van der Waals surface area contributed by atoms with Crippen LogP contribution < -0.4 is 9.80 Å². The second-order valence-corrected chi connectivity index (χ2v) is 7.76. The molecule has 0 saturated carbocycles. The number of fused-ring (bicyclic) bond motifs is 1. The molecule has 0 bridgehead atoms. The molecule has 0 unspecified atom stereocenters. The van der Waals surface area contributed by atoms with Crippen LogP contribution in [0.2, 0.25) is 0 Å². The summed E-state index contributed by atoms with van der Waals surface area (Å²) in [5.41, 5.74) is 3.07. The number of carbonyl (C=O) groups is 2. The molecular weight excluding hydrogens is 350 g/mol. The Bertz CT molecular complexity index is 844. The van der Waals surface area contributed by atoms with Crippen LogP contribution in [0.5, 0.6) is 0 Å². The molecule has 1 fully saturated rings.